The Morgan fingerprint density at radius 1 is 0.404 bits per heavy atom. The van der Waals surface area contributed by atoms with E-state index in [0.717, 1.165) is 113 Å². The number of hydrogen-bond donors (Lipinski definition) is 0. The zero-order valence-electron chi connectivity index (χ0n) is 54.5. The summed E-state index contributed by atoms with van der Waals surface area (Å²) >= 11 is 0. The molecule has 3 heterocycles. The van der Waals surface area contributed by atoms with Gasteiger partial charge in [0.1, 0.15) is 11.7 Å². The van der Waals surface area contributed by atoms with Crippen LogP contribution < -0.4 is 0 Å². The van der Waals surface area contributed by atoms with Crippen molar-refractivity contribution >= 4 is 59.3 Å². The van der Waals surface area contributed by atoms with Crippen molar-refractivity contribution in [2.24, 2.45) is 117 Å². The summed E-state index contributed by atoms with van der Waals surface area (Å²) in [5.74, 6) is 4.08. The maximum Gasteiger partial charge on any atom is 0.311 e. The van der Waals surface area contributed by atoms with E-state index in [9.17, 15) is 47.9 Å². The predicted octanol–water partition coefficient (Wildman–Crippen LogP) is 10.7. The Kier molecular flexibility index (Phi) is 17.2. The maximum absolute atomic E-state index is 13.2. The summed E-state index contributed by atoms with van der Waals surface area (Å²) in [6, 6.07) is -0.166. The van der Waals surface area contributed by atoms with Crippen molar-refractivity contribution in [2.75, 3.05) is 13.7 Å². The van der Waals surface area contributed by atoms with Crippen molar-refractivity contribution in [3.63, 3.8) is 0 Å². The second-order valence-electron chi connectivity index (χ2n) is 33.1. The van der Waals surface area contributed by atoms with Gasteiger partial charge < -0.3 is 18.9 Å². The summed E-state index contributed by atoms with van der Waals surface area (Å²) in [5, 5.41) is 0. The highest BCUT2D eigenvalue weighted by atomic mass is 16.6. The molecule has 6 amide bonds. The third-order valence-corrected chi connectivity index (χ3v) is 27.2. The smallest absolute Gasteiger partial charge is 0.311 e. The Hall–Kier alpha value is -4.70. The van der Waals surface area contributed by atoms with Gasteiger partial charge in [0.2, 0.25) is 35.4 Å². The normalized spacial score (nSPS) is 46.4. The molecular formula is C72H103N3O14. The van der Waals surface area contributed by atoms with E-state index in [4.69, 9.17) is 18.9 Å². The van der Waals surface area contributed by atoms with E-state index in [1.807, 2.05) is 41.5 Å². The highest BCUT2D eigenvalue weighted by molar-refractivity contribution is 6.06. The number of nitrogens with zero attached hydrogens (tertiary/aromatic N) is 3. The highest BCUT2D eigenvalue weighted by Crippen LogP contribution is 2.64. The molecule has 18 aliphatic rings. The summed E-state index contributed by atoms with van der Waals surface area (Å²) in [6.45, 7) is 11.6. The minimum atomic E-state index is -0.530. The summed E-state index contributed by atoms with van der Waals surface area (Å²) in [4.78, 5) is 131. The molecule has 18 rings (SSSR count). The molecule has 15 saturated carbocycles. The Morgan fingerprint density at radius 2 is 0.742 bits per heavy atom. The lowest BCUT2D eigenvalue weighted by molar-refractivity contribution is -0.214. The first kappa shape index (κ1) is 63.1. The second-order valence-corrected chi connectivity index (χ2v) is 33.1. The zero-order chi connectivity index (χ0) is 62.7. The average Bonchev–Trinajstić information content (AvgIpc) is 1.64. The topological polar surface area (TPSA) is 217 Å². The van der Waals surface area contributed by atoms with Gasteiger partial charge in [-0.25, -0.2) is 0 Å². The molecule has 18 fully saturated rings. The Morgan fingerprint density at radius 3 is 1.11 bits per heavy atom. The molecule has 0 aromatic carbocycles. The quantitative estimate of drug-likeness (QED) is 0.107. The molecule has 0 aromatic rings. The summed E-state index contributed by atoms with van der Waals surface area (Å²) < 4.78 is 23.4. The molecule has 17 heteroatoms. The van der Waals surface area contributed by atoms with Gasteiger partial charge in [-0.1, -0.05) is 41.5 Å². The predicted molar refractivity (Wildman–Crippen MR) is 324 cm³/mol. The van der Waals surface area contributed by atoms with Crippen LogP contribution >= 0.6 is 0 Å². The van der Waals surface area contributed by atoms with E-state index in [1.165, 1.54) is 92.4 Å². The van der Waals surface area contributed by atoms with Crippen LogP contribution in [0.2, 0.25) is 0 Å². The van der Waals surface area contributed by atoms with E-state index < -0.39 is 11.0 Å². The first-order valence-electron chi connectivity index (χ1n) is 35.7. The minimum Gasteiger partial charge on any atom is -0.469 e. The minimum absolute atomic E-state index is 0.0169. The van der Waals surface area contributed by atoms with E-state index >= 15 is 0 Å². The second kappa shape index (κ2) is 24.3. The standard InChI is InChI=1S/C25H35NO6.C24H35NO4.C23H33NO4/c1-14-15(2)21(28)26(20(14)27)19-6-4-18(5-7-19)22(29)32-25-11-16-8-17(12-25)10-24(9-16,13-25)23(30)31-3;1-14-15(2)22(27)25(21(14)26)20-5-3-19(4-6-20)23(28)29-13-24-10-16-7-17(11-24)9-18(8-16)12-24;1-12-13(2)22(26)24(21(12)25)19-5-3-16(4-6-19)23(27)28-20-17-8-14-7-15(10-17)11-18(20)9-14/h14-19H,4-13H2,1-3H3;14-20H,3-13H2,1-2H3;12-20H,3-11H2,1-2H3. The molecule has 0 aromatic heterocycles. The Labute approximate surface area is 527 Å². The largest absolute Gasteiger partial charge is 0.469 e. The van der Waals surface area contributed by atoms with Gasteiger partial charge in [0.15, 0.2) is 0 Å². The van der Waals surface area contributed by atoms with Crippen molar-refractivity contribution in [3.05, 3.63) is 0 Å². The molecule has 15 aliphatic carbocycles. The van der Waals surface area contributed by atoms with Crippen LogP contribution in [0.3, 0.4) is 0 Å². The number of rotatable bonds is 11. The van der Waals surface area contributed by atoms with Crippen LogP contribution in [0.15, 0.2) is 0 Å². The SMILES string of the molecule is CC1C(=O)N(C2CCC(C(=O)OC3C4CC5CC(C4)CC3C5)CC2)C(=O)C1C.CC1C(=O)N(C2CCC(C(=O)OCC34CC5CC(CC(C5)C3)C4)CC2)C(=O)C1C.COC(=O)C12CC3CC(CC(OC(=O)C4CCC(N5C(=O)C(C)C(C)C5=O)CC4)(C3)C1)C2. The van der Waals surface area contributed by atoms with Gasteiger partial charge in [-0.3, -0.25) is 62.6 Å². The number of ether oxygens (including phenoxy) is 4. The van der Waals surface area contributed by atoms with Crippen LogP contribution in [0.5, 0.6) is 0 Å². The van der Waals surface area contributed by atoms with Crippen LogP contribution in [0.25, 0.3) is 0 Å². The summed E-state index contributed by atoms with van der Waals surface area (Å²) in [7, 11) is 1.45. The fraction of sp³-hybridized carbons (Fsp3) is 0.861. The third-order valence-electron chi connectivity index (χ3n) is 27.2. The van der Waals surface area contributed by atoms with Gasteiger partial charge >= 0.3 is 23.9 Å². The maximum atomic E-state index is 13.2. The Bertz CT molecular complexity index is 2690. The lowest BCUT2D eigenvalue weighted by Crippen LogP contribution is -2.60. The van der Waals surface area contributed by atoms with Crippen LogP contribution in [0.4, 0.5) is 0 Å². The van der Waals surface area contributed by atoms with Gasteiger partial charge in [0.05, 0.1) is 36.9 Å². The van der Waals surface area contributed by atoms with Crippen LogP contribution in [0, 0.1) is 117 Å². The molecule has 0 N–H and O–H groups in total. The van der Waals surface area contributed by atoms with Gasteiger partial charge in [-0.15, -0.1) is 0 Å². The molecular weight excluding hydrogens is 1130 g/mol. The van der Waals surface area contributed by atoms with E-state index in [-0.39, 0.29) is 142 Å². The van der Waals surface area contributed by atoms with E-state index in [0.29, 0.717) is 62.4 Å². The number of methoxy groups -OCH3 is 1. The zero-order valence-corrected chi connectivity index (χ0v) is 54.5. The van der Waals surface area contributed by atoms with E-state index in [2.05, 4.69) is 0 Å². The number of esters is 4. The van der Waals surface area contributed by atoms with Crippen molar-refractivity contribution in [3.8, 4) is 0 Å². The molecule has 3 aliphatic heterocycles. The van der Waals surface area contributed by atoms with Crippen LogP contribution in [0.1, 0.15) is 228 Å². The first-order valence-corrected chi connectivity index (χ1v) is 35.7. The number of imide groups is 3. The number of likely N-dealkylation sites (tertiary alicyclic amines) is 3. The molecule has 12 bridgehead atoms. The lowest BCUT2D eigenvalue weighted by atomic mass is 9.48. The summed E-state index contributed by atoms with van der Waals surface area (Å²) in [6.07, 6.45) is 28.1. The van der Waals surface area contributed by atoms with Crippen molar-refractivity contribution < 1.29 is 66.9 Å². The van der Waals surface area contributed by atoms with Gasteiger partial charge in [0, 0.05) is 65.5 Å². The van der Waals surface area contributed by atoms with Crippen LogP contribution in [-0.2, 0) is 66.9 Å². The monoisotopic (exact) mass is 1230 g/mol. The molecule has 17 nitrogen and oxygen atoms in total. The summed E-state index contributed by atoms with van der Waals surface area (Å²) in [5.41, 5.74) is -0.749. The number of carbonyl (C=O) groups is 10. The third kappa shape index (κ3) is 11.7. The van der Waals surface area contributed by atoms with Gasteiger partial charge in [-0.05, 0) is 233 Å². The number of carbonyl (C=O) groups excluding carboxylic acids is 10. The van der Waals surface area contributed by atoms with Crippen molar-refractivity contribution in [1.82, 2.24) is 14.7 Å². The fourth-order valence-corrected chi connectivity index (χ4v) is 22.9. The molecule has 0 radical (unpaired) electrons. The van der Waals surface area contributed by atoms with Crippen molar-refractivity contribution in [2.45, 2.75) is 258 Å². The molecule has 0 spiro atoms. The molecule has 3 saturated heterocycles. The molecule has 8 unspecified atom stereocenters. The van der Waals surface area contributed by atoms with Gasteiger partial charge in [-0.2, -0.15) is 0 Å². The molecule has 490 valence electrons. The van der Waals surface area contributed by atoms with Crippen LogP contribution in [-0.4, -0.2) is 118 Å². The fourth-order valence-electron chi connectivity index (χ4n) is 22.9. The van der Waals surface area contributed by atoms with E-state index in [1.54, 1.807) is 0 Å². The first-order chi connectivity index (χ1) is 42.4. The number of amides is 6. The number of hydrogen-bond acceptors (Lipinski definition) is 14. The molecule has 8 atom stereocenters. The highest BCUT2D eigenvalue weighted by Gasteiger charge is 2.64. The Balaban J connectivity index is 0.000000123. The average molecular weight is 1230 g/mol. The van der Waals surface area contributed by atoms with Crippen molar-refractivity contribution in [1.29, 1.82) is 0 Å². The van der Waals surface area contributed by atoms with Gasteiger partial charge in [0.25, 0.3) is 0 Å². The molecule has 89 heavy (non-hydrogen) atoms. The lowest BCUT2D eigenvalue weighted by Gasteiger charge is -2.59.